The van der Waals surface area contributed by atoms with Gasteiger partial charge in [-0.05, 0) is 42.5 Å². The first-order valence-electron chi connectivity index (χ1n) is 7.72. The maximum absolute atomic E-state index is 5.59. The minimum absolute atomic E-state index is 0.408. The molecule has 0 spiro atoms. The second-order valence-corrected chi connectivity index (χ2v) is 5.77. The van der Waals surface area contributed by atoms with Crippen LogP contribution in [-0.4, -0.2) is 26.9 Å². The molecule has 0 amide bonds. The molecule has 3 heteroatoms. The first-order chi connectivity index (χ1) is 9.74. The number of methoxy groups -OCH3 is 1. The molecule has 2 atom stereocenters. The molecule has 0 fully saturated rings. The minimum atomic E-state index is 0.408. The summed E-state index contributed by atoms with van der Waals surface area (Å²) in [7, 11) is 1.78. The Labute approximate surface area is 122 Å². The summed E-state index contributed by atoms with van der Waals surface area (Å²) in [6, 6.07) is 7.05. The molecule has 1 aliphatic rings. The molecule has 2 rings (SSSR count). The monoisotopic (exact) mass is 277 g/mol. The fourth-order valence-electron chi connectivity index (χ4n) is 2.83. The van der Waals surface area contributed by atoms with Crippen LogP contribution >= 0.6 is 0 Å². The molecule has 0 aliphatic carbocycles. The zero-order valence-corrected chi connectivity index (χ0v) is 12.9. The van der Waals surface area contributed by atoms with Crippen LogP contribution in [0.3, 0.4) is 0 Å². The first kappa shape index (κ1) is 15.3. The van der Waals surface area contributed by atoms with E-state index in [1.54, 1.807) is 7.11 Å². The molecule has 112 valence electrons. The van der Waals surface area contributed by atoms with Crippen LogP contribution in [0.2, 0.25) is 0 Å². The molecule has 0 saturated heterocycles. The van der Waals surface area contributed by atoms with Crippen molar-refractivity contribution >= 4 is 0 Å². The molecule has 0 radical (unpaired) electrons. The van der Waals surface area contributed by atoms with Gasteiger partial charge in [0.05, 0.1) is 6.61 Å². The third-order valence-corrected chi connectivity index (χ3v) is 3.85. The van der Waals surface area contributed by atoms with Crippen LogP contribution in [0.1, 0.15) is 43.9 Å². The van der Waals surface area contributed by atoms with E-state index >= 15 is 0 Å². The van der Waals surface area contributed by atoms with Crippen molar-refractivity contribution in [1.82, 2.24) is 5.32 Å². The predicted octanol–water partition coefficient (Wildman–Crippen LogP) is 3.33. The second-order valence-electron chi connectivity index (χ2n) is 5.77. The number of nitrogens with one attached hydrogen (secondary N) is 1. The highest BCUT2D eigenvalue weighted by atomic mass is 16.5. The summed E-state index contributed by atoms with van der Waals surface area (Å²) in [4.78, 5) is 0. The summed E-state index contributed by atoms with van der Waals surface area (Å²) in [5.74, 6) is 1.62. The summed E-state index contributed by atoms with van der Waals surface area (Å²) < 4.78 is 10.9. The molecule has 0 saturated carbocycles. The molecule has 1 heterocycles. The average molecular weight is 277 g/mol. The molecule has 3 nitrogen and oxygen atoms in total. The summed E-state index contributed by atoms with van der Waals surface area (Å²) in [5, 5.41) is 3.67. The van der Waals surface area contributed by atoms with Crippen molar-refractivity contribution in [2.24, 2.45) is 5.92 Å². The van der Waals surface area contributed by atoms with Gasteiger partial charge >= 0.3 is 0 Å². The smallest absolute Gasteiger partial charge is 0.122 e. The van der Waals surface area contributed by atoms with Crippen molar-refractivity contribution in [2.45, 2.75) is 39.2 Å². The van der Waals surface area contributed by atoms with E-state index in [-0.39, 0.29) is 0 Å². The van der Waals surface area contributed by atoms with E-state index in [1.807, 2.05) is 0 Å². The van der Waals surface area contributed by atoms with Gasteiger partial charge in [-0.15, -0.1) is 0 Å². The Hall–Kier alpha value is -1.06. The van der Waals surface area contributed by atoms with Gasteiger partial charge in [-0.3, -0.25) is 0 Å². The summed E-state index contributed by atoms with van der Waals surface area (Å²) in [6.45, 7) is 7.15. The van der Waals surface area contributed by atoms with Crippen molar-refractivity contribution < 1.29 is 9.47 Å². The van der Waals surface area contributed by atoms with Crippen molar-refractivity contribution in [2.75, 3.05) is 26.9 Å². The number of hydrogen-bond acceptors (Lipinski definition) is 3. The Bertz CT molecular complexity index is 419. The van der Waals surface area contributed by atoms with Gasteiger partial charge in [-0.2, -0.15) is 0 Å². The van der Waals surface area contributed by atoms with Gasteiger partial charge in [0.1, 0.15) is 5.75 Å². The van der Waals surface area contributed by atoms with Gasteiger partial charge in [-0.1, -0.05) is 26.0 Å². The number of benzene rings is 1. The maximum atomic E-state index is 5.59. The van der Waals surface area contributed by atoms with E-state index < -0.39 is 0 Å². The maximum Gasteiger partial charge on any atom is 0.122 e. The molecule has 0 aromatic heterocycles. The lowest BCUT2D eigenvalue weighted by molar-refractivity contribution is 0.149. The van der Waals surface area contributed by atoms with Gasteiger partial charge in [0.25, 0.3) is 0 Å². The van der Waals surface area contributed by atoms with Crippen LogP contribution in [-0.2, 0) is 11.2 Å². The number of fused-ring (bicyclic) bond motifs is 1. The Morgan fingerprint density at radius 2 is 2.25 bits per heavy atom. The van der Waals surface area contributed by atoms with Crippen LogP contribution in [0.5, 0.6) is 5.75 Å². The third-order valence-electron chi connectivity index (χ3n) is 3.85. The minimum Gasteiger partial charge on any atom is -0.493 e. The van der Waals surface area contributed by atoms with Gasteiger partial charge in [-0.25, -0.2) is 0 Å². The molecule has 1 aromatic rings. The zero-order chi connectivity index (χ0) is 14.4. The van der Waals surface area contributed by atoms with Crippen LogP contribution < -0.4 is 10.1 Å². The summed E-state index contributed by atoms with van der Waals surface area (Å²) in [5.41, 5.74) is 2.73. The van der Waals surface area contributed by atoms with Gasteiger partial charge < -0.3 is 14.8 Å². The van der Waals surface area contributed by atoms with E-state index in [9.17, 15) is 0 Å². The van der Waals surface area contributed by atoms with Crippen LogP contribution in [0.15, 0.2) is 18.2 Å². The quantitative estimate of drug-likeness (QED) is 0.790. The lowest BCUT2D eigenvalue weighted by atomic mass is 9.94. The molecule has 20 heavy (non-hydrogen) atoms. The first-order valence-corrected chi connectivity index (χ1v) is 7.72. The Morgan fingerprint density at radius 3 is 3.00 bits per heavy atom. The number of hydrogen-bond donors (Lipinski definition) is 1. The highest BCUT2D eigenvalue weighted by Gasteiger charge is 2.18. The Morgan fingerprint density at radius 1 is 1.40 bits per heavy atom. The van der Waals surface area contributed by atoms with Crippen molar-refractivity contribution in [3.63, 3.8) is 0 Å². The summed E-state index contributed by atoms with van der Waals surface area (Å²) in [6.07, 6.45) is 3.30. The van der Waals surface area contributed by atoms with E-state index in [0.29, 0.717) is 12.0 Å². The molecule has 0 bridgehead atoms. The van der Waals surface area contributed by atoms with Crippen LogP contribution in [0, 0.1) is 5.92 Å². The standard InChI is InChI=1S/C17H27NO2/c1-4-8-18-16(10-13(2)12-19-3)14-5-6-17-15(11-14)7-9-20-17/h5-6,11,13,16,18H,4,7-10,12H2,1-3H3. The normalized spacial score (nSPS) is 16.6. The fourth-order valence-corrected chi connectivity index (χ4v) is 2.83. The Balaban J connectivity index is 2.08. The molecular formula is C17H27NO2. The molecule has 2 unspecified atom stereocenters. The fraction of sp³-hybridized carbons (Fsp3) is 0.647. The van der Waals surface area contributed by atoms with Crippen LogP contribution in [0.25, 0.3) is 0 Å². The number of ether oxygens (including phenoxy) is 2. The molecular weight excluding hydrogens is 250 g/mol. The van der Waals surface area contributed by atoms with Crippen molar-refractivity contribution in [3.05, 3.63) is 29.3 Å². The Kier molecular flexibility index (Phi) is 5.86. The topological polar surface area (TPSA) is 30.5 Å². The van der Waals surface area contributed by atoms with Gasteiger partial charge in [0, 0.05) is 26.2 Å². The third kappa shape index (κ3) is 3.97. The van der Waals surface area contributed by atoms with Crippen LogP contribution in [0.4, 0.5) is 0 Å². The molecule has 1 aromatic carbocycles. The van der Waals surface area contributed by atoms with Gasteiger partial charge in [0.2, 0.25) is 0 Å². The lowest BCUT2D eigenvalue weighted by Crippen LogP contribution is -2.25. The molecule has 1 aliphatic heterocycles. The highest BCUT2D eigenvalue weighted by molar-refractivity contribution is 5.40. The molecule has 1 N–H and O–H groups in total. The van der Waals surface area contributed by atoms with E-state index in [4.69, 9.17) is 9.47 Å². The van der Waals surface area contributed by atoms with Gasteiger partial charge in [0.15, 0.2) is 0 Å². The largest absolute Gasteiger partial charge is 0.493 e. The van der Waals surface area contributed by atoms with E-state index in [0.717, 1.165) is 44.8 Å². The van der Waals surface area contributed by atoms with Crippen molar-refractivity contribution in [1.29, 1.82) is 0 Å². The highest BCUT2D eigenvalue weighted by Crippen LogP contribution is 2.30. The average Bonchev–Trinajstić information content (AvgIpc) is 2.91. The summed E-state index contributed by atoms with van der Waals surface area (Å²) >= 11 is 0. The predicted molar refractivity (Wildman–Crippen MR) is 82.3 cm³/mol. The van der Waals surface area contributed by atoms with Crippen molar-refractivity contribution in [3.8, 4) is 5.75 Å². The number of rotatable bonds is 8. The zero-order valence-electron chi connectivity index (χ0n) is 12.9. The van der Waals surface area contributed by atoms with E-state index in [2.05, 4.69) is 37.4 Å². The lowest BCUT2D eigenvalue weighted by Gasteiger charge is -2.23. The second kappa shape index (κ2) is 7.65. The SMILES string of the molecule is CCCNC(CC(C)COC)c1ccc2c(c1)CCO2. The van der Waals surface area contributed by atoms with E-state index in [1.165, 1.54) is 11.1 Å².